The zero-order valence-corrected chi connectivity index (χ0v) is 21.1. The number of amides is 2. The number of anilines is 1. The van der Waals surface area contributed by atoms with E-state index in [4.69, 9.17) is 44.3 Å². The van der Waals surface area contributed by atoms with E-state index in [2.05, 4.69) is 10.4 Å². The van der Waals surface area contributed by atoms with Gasteiger partial charge in [0, 0.05) is 5.69 Å². The number of halogens is 6. The Balaban J connectivity index is 1.66. The van der Waals surface area contributed by atoms with Crippen LogP contribution >= 0.6 is 34.8 Å². The second-order valence-electron chi connectivity index (χ2n) is 7.24. The highest BCUT2D eigenvalue weighted by Crippen LogP contribution is 2.36. The third kappa shape index (κ3) is 7.51. The summed E-state index contributed by atoms with van der Waals surface area (Å²) in [6, 6.07) is 11.7. The van der Waals surface area contributed by atoms with E-state index < -0.39 is 35.7 Å². The zero-order chi connectivity index (χ0) is 27.2. The first-order chi connectivity index (χ1) is 17.5. The van der Waals surface area contributed by atoms with Crippen molar-refractivity contribution in [1.29, 1.82) is 0 Å². The molecule has 0 radical (unpaired) electrons. The first kappa shape index (κ1) is 28.1. The fourth-order valence-electron chi connectivity index (χ4n) is 3.02. The molecule has 0 atom stereocenters. The maximum absolute atomic E-state index is 13.1. The molecular weight excluding hydrogens is 558 g/mol. The van der Waals surface area contributed by atoms with Gasteiger partial charge in [0.15, 0.2) is 18.1 Å². The van der Waals surface area contributed by atoms with Gasteiger partial charge >= 0.3 is 6.18 Å². The van der Waals surface area contributed by atoms with Gasteiger partial charge in [0.1, 0.15) is 0 Å². The molecule has 3 aromatic rings. The molecule has 0 aromatic heterocycles. The number of nitrogens with one attached hydrogen (secondary N) is 2. The van der Waals surface area contributed by atoms with Crippen molar-refractivity contribution in [3.8, 4) is 11.5 Å². The molecule has 3 rings (SSSR count). The van der Waals surface area contributed by atoms with Crippen LogP contribution in [0, 0.1) is 0 Å². The molecule has 2 amide bonds. The standard InChI is InChI=1S/C24H17Cl3F3N3O4/c1-36-20-9-13(11-31-33-23(35)15-4-2-3-5-16(15)24(28,29)30)8-19(27)22(20)37-12-21(34)32-14-6-7-17(25)18(26)10-14/h2-11H,12H2,1H3,(H,32,34)(H,33,35)/b31-11+. The second-order valence-corrected chi connectivity index (χ2v) is 8.46. The first-order valence-corrected chi connectivity index (χ1v) is 11.4. The van der Waals surface area contributed by atoms with Crippen molar-refractivity contribution < 1.29 is 32.2 Å². The summed E-state index contributed by atoms with van der Waals surface area (Å²) in [5.41, 5.74) is 1.12. The summed E-state index contributed by atoms with van der Waals surface area (Å²) in [7, 11) is 1.34. The van der Waals surface area contributed by atoms with E-state index in [0.29, 0.717) is 16.3 Å². The van der Waals surface area contributed by atoms with Gasteiger partial charge in [-0.15, -0.1) is 0 Å². The van der Waals surface area contributed by atoms with E-state index in [9.17, 15) is 22.8 Å². The van der Waals surface area contributed by atoms with Crippen molar-refractivity contribution in [1.82, 2.24) is 5.43 Å². The molecule has 0 saturated heterocycles. The predicted octanol–water partition coefficient (Wildman–Crippen LogP) is 6.46. The molecule has 3 aromatic carbocycles. The smallest absolute Gasteiger partial charge is 0.417 e. The molecule has 0 saturated carbocycles. The van der Waals surface area contributed by atoms with Crippen molar-refractivity contribution >= 4 is 58.5 Å². The lowest BCUT2D eigenvalue weighted by molar-refractivity contribution is -0.138. The van der Waals surface area contributed by atoms with Crippen molar-refractivity contribution in [3.05, 3.63) is 86.4 Å². The van der Waals surface area contributed by atoms with Gasteiger partial charge in [0.25, 0.3) is 11.8 Å². The lowest BCUT2D eigenvalue weighted by atomic mass is 10.1. The Bertz CT molecular complexity index is 1350. The van der Waals surface area contributed by atoms with E-state index in [1.165, 1.54) is 43.5 Å². The molecule has 0 aliphatic rings. The third-order valence-electron chi connectivity index (χ3n) is 4.66. The molecule has 0 bridgehead atoms. The summed E-state index contributed by atoms with van der Waals surface area (Å²) in [6.07, 6.45) is -3.55. The molecule has 13 heteroatoms. The lowest BCUT2D eigenvalue weighted by Gasteiger charge is -2.13. The Hall–Kier alpha value is -3.47. The Morgan fingerprint density at radius 1 is 1.00 bits per heavy atom. The normalized spacial score (nSPS) is 11.3. The summed E-state index contributed by atoms with van der Waals surface area (Å²) in [6.45, 7) is -0.418. The lowest BCUT2D eigenvalue weighted by Crippen LogP contribution is -2.22. The molecule has 0 aliphatic carbocycles. The molecule has 37 heavy (non-hydrogen) atoms. The number of hydrazone groups is 1. The number of alkyl halides is 3. The number of ether oxygens (including phenoxy) is 2. The first-order valence-electron chi connectivity index (χ1n) is 10.2. The summed E-state index contributed by atoms with van der Waals surface area (Å²) in [5.74, 6) is -1.35. The van der Waals surface area contributed by atoms with Crippen LogP contribution in [0.3, 0.4) is 0 Å². The SMILES string of the molecule is COc1cc(/C=N/NC(=O)c2ccccc2C(F)(F)F)cc(Cl)c1OCC(=O)Nc1ccc(Cl)c(Cl)c1. The zero-order valence-electron chi connectivity index (χ0n) is 18.8. The minimum absolute atomic E-state index is 0.0527. The van der Waals surface area contributed by atoms with Crippen molar-refractivity contribution in [2.45, 2.75) is 6.18 Å². The predicted molar refractivity (Wildman–Crippen MR) is 135 cm³/mol. The highest BCUT2D eigenvalue weighted by atomic mass is 35.5. The van der Waals surface area contributed by atoms with Gasteiger partial charge in [-0.1, -0.05) is 46.9 Å². The van der Waals surface area contributed by atoms with E-state index in [1.807, 2.05) is 5.43 Å². The van der Waals surface area contributed by atoms with Crippen molar-refractivity contribution in [3.63, 3.8) is 0 Å². The van der Waals surface area contributed by atoms with Crippen molar-refractivity contribution in [2.24, 2.45) is 5.10 Å². The molecule has 0 spiro atoms. The Morgan fingerprint density at radius 2 is 1.73 bits per heavy atom. The van der Waals surface area contributed by atoms with Crippen LogP contribution in [0.25, 0.3) is 0 Å². The van der Waals surface area contributed by atoms with Crippen LogP contribution in [-0.2, 0) is 11.0 Å². The Labute approximate surface area is 224 Å². The van der Waals surface area contributed by atoms with Crippen LogP contribution in [0.15, 0.2) is 59.7 Å². The molecule has 7 nitrogen and oxygen atoms in total. The summed E-state index contributed by atoms with van der Waals surface area (Å²) < 4.78 is 50.1. The van der Waals surface area contributed by atoms with E-state index >= 15 is 0 Å². The van der Waals surface area contributed by atoms with Crippen LogP contribution in [0.1, 0.15) is 21.5 Å². The van der Waals surface area contributed by atoms with Gasteiger partial charge in [-0.05, 0) is 48.0 Å². The minimum Gasteiger partial charge on any atom is -0.493 e. The largest absolute Gasteiger partial charge is 0.493 e. The Kier molecular flexibility index (Phi) is 9.25. The van der Waals surface area contributed by atoms with Crippen LogP contribution in [-0.4, -0.2) is 31.7 Å². The average molecular weight is 575 g/mol. The average Bonchev–Trinajstić information content (AvgIpc) is 2.84. The highest BCUT2D eigenvalue weighted by Gasteiger charge is 2.34. The summed E-state index contributed by atoms with van der Waals surface area (Å²) >= 11 is 18.0. The fourth-order valence-corrected chi connectivity index (χ4v) is 3.59. The monoisotopic (exact) mass is 573 g/mol. The fraction of sp³-hybridized carbons (Fsp3) is 0.125. The van der Waals surface area contributed by atoms with Crippen LogP contribution in [0.2, 0.25) is 15.1 Å². The van der Waals surface area contributed by atoms with Crippen molar-refractivity contribution in [2.75, 3.05) is 19.0 Å². The maximum atomic E-state index is 13.1. The highest BCUT2D eigenvalue weighted by molar-refractivity contribution is 6.42. The van der Waals surface area contributed by atoms with Gasteiger partial charge < -0.3 is 14.8 Å². The Morgan fingerprint density at radius 3 is 2.41 bits per heavy atom. The number of nitrogens with zero attached hydrogens (tertiary/aromatic N) is 1. The molecule has 0 heterocycles. The third-order valence-corrected chi connectivity index (χ3v) is 5.68. The number of hydrogen-bond acceptors (Lipinski definition) is 5. The molecule has 0 aliphatic heterocycles. The van der Waals surface area contributed by atoms with Gasteiger partial charge in [-0.2, -0.15) is 18.3 Å². The van der Waals surface area contributed by atoms with Crippen LogP contribution in [0.5, 0.6) is 11.5 Å². The number of carbonyl (C=O) groups excluding carboxylic acids is 2. The molecule has 194 valence electrons. The number of hydrogen-bond donors (Lipinski definition) is 2. The number of methoxy groups -OCH3 is 1. The minimum atomic E-state index is -4.70. The molecule has 0 fully saturated rings. The summed E-state index contributed by atoms with van der Waals surface area (Å²) in [5, 5.41) is 6.94. The van der Waals surface area contributed by atoms with Gasteiger partial charge in [-0.3, -0.25) is 9.59 Å². The topological polar surface area (TPSA) is 89.0 Å². The second kappa shape index (κ2) is 12.2. The molecule has 0 unspecified atom stereocenters. The van der Waals surface area contributed by atoms with Crippen LogP contribution in [0.4, 0.5) is 18.9 Å². The van der Waals surface area contributed by atoms with E-state index in [-0.39, 0.29) is 21.5 Å². The van der Waals surface area contributed by atoms with Gasteiger partial charge in [0.2, 0.25) is 0 Å². The van der Waals surface area contributed by atoms with Gasteiger partial charge in [-0.25, -0.2) is 5.43 Å². The summed E-state index contributed by atoms with van der Waals surface area (Å²) in [4.78, 5) is 24.5. The van der Waals surface area contributed by atoms with E-state index in [1.54, 1.807) is 6.07 Å². The van der Waals surface area contributed by atoms with Crippen LogP contribution < -0.4 is 20.2 Å². The molecule has 2 N–H and O–H groups in total. The van der Waals surface area contributed by atoms with Gasteiger partial charge in [0.05, 0.1) is 39.5 Å². The maximum Gasteiger partial charge on any atom is 0.417 e. The number of benzene rings is 3. The molecular formula is C24H17Cl3F3N3O4. The quantitative estimate of drug-likeness (QED) is 0.239. The van der Waals surface area contributed by atoms with E-state index in [0.717, 1.165) is 18.3 Å². The number of rotatable bonds is 8. The number of carbonyl (C=O) groups is 2.